The van der Waals surface area contributed by atoms with Crippen LogP contribution in [0.15, 0.2) is 60.4 Å². The van der Waals surface area contributed by atoms with Gasteiger partial charge in [-0.15, -0.1) is 0 Å². The summed E-state index contributed by atoms with van der Waals surface area (Å²) in [5, 5.41) is 2.96. The monoisotopic (exact) mass is 336 g/mol. The first-order valence-corrected chi connectivity index (χ1v) is 8.73. The van der Waals surface area contributed by atoms with Crippen LogP contribution >= 0.6 is 0 Å². The van der Waals surface area contributed by atoms with Crippen molar-refractivity contribution < 1.29 is 9.53 Å². The number of methoxy groups -OCH3 is 1. The molecule has 1 N–H and O–H groups in total. The Balaban J connectivity index is 1.51. The summed E-state index contributed by atoms with van der Waals surface area (Å²) >= 11 is 0. The lowest BCUT2D eigenvalue weighted by Crippen LogP contribution is -2.27. The van der Waals surface area contributed by atoms with Crippen molar-refractivity contribution in [2.24, 2.45) is 0 Å². The Morgan fingerprint density at radius 1 is 1.28 bits per heavy atom. The van der Waals surface area contributed by atoms with Crippen molar-refractivity contribution in [3.05, 3.63) is 71.6 Å². The molecule has 0 saturated carbocycles. The molecule has 2 aliphatic carbocycles. The van der Waals surface area contributed by atoms with E-state index in [2.05, 4.69) is 46.8 Å². The van der Waals surface area contributed by atoms with Crippen LogP contribution in [0.4, 0.5) is 0 Å². The number of allylic oxidation sites excluding steroid dienone is 4. The summed E-state index contributed by atoms with van der Waals surface area (Å²) in [6.45, 7) is 0.589. The number of carbonyl (C=O) groups is 1. The molecule has 130 valence electrons. The third kappa shape index (κ3) is 5.00. The minimum Gasteiger partial charge on any atom is -0.377 e. The molecule has 1 aromatic rings. The highest BCUT2D eigenvalue weighted by atomic mass is 16.5. The highest BCUT2D eigenvalue weighted by Crippen LogP contribution is 2.22. The first-order valence-electron chi connectivity index (χ1n) is 8.73. The van der Waals surface area contributed by atoms with Gasteiger partial charge in [0.05, 0.1) is 12.5 Å². The zero-order valence-electron chi connectivity index (χ0n) is 14.6. The van der Waals surface area contributed by atoms with Gasteiger partial charge in [0.1, 0.15) is 0 Å². The predicted molar refractivity (Wildman–Crippen MR) is 99.9 cm³/mol. The van der Waals surface area contributed by atoms with Crippen molar-refractivity contribution in [2.45, 2.75) is 31.8 Å². The van der Waals surface area contributed by atoms with Gasteiger partial charge >= 0.3 is 0 Å². The molecule has 25 heavy (non-hydrogen) atoms. The SMILES string of the molecule is COC1C=CC(c2ccc(CC(=O)NCC3=CCCC=C3)nc2)=CC1. The van der Waals surface area contributed by atoms with Gasteiger partial charge in [-0.05, 0) is 42.0 Å². The Bertz CT molecular complexity index is 727. The van der Waals surface area contributed by atoms with Crippen LogP contribution in [0, 0.1) is 0 Å². The number of rotatable bonds is 6. The first-order chi connectivity index (χ1) is 12.2. The Hall–Kier alpha value is -2.46. The first kappa shape index (κ1) is 17.4. The number of ether oxygens (including phenoxy) is 1. The fourth-order valence-electron chi connectivity index (χ4n) is 2.92. The molecule has 0 fully saturated rings. The van der Waals surface area contributed by atoms with Gasteiger partial charge in [-0.3, -0.25) is 9.78 Å². The zero-order chi connectivity index (χ0) is 17.5. The van der Waals surface area contributed by atoms with E-state index >= 15 is 0 Å². The summed E-state index contributed by atoms with van der Waals surface area (Å²) in [4.78, 5) is 16.5. The average molecular weight is 336 g/mol. The lowest BCUT2D eigenvalue weighted by atomic mass is 9.99. The van der Waals surface area contributed by atoms with Crippen molar-refractivity contribution in [1.82, 2.24) is 10.3 Å². The molecule has 1 atom stereocenters. The van der Waals surface area contributed by atoms with Crippen LogP contribution in [-0.4, -0.2) is 30.6 Å². The summed E-state index contributed by atoms with van der Waals surface area (Å²) in [5.74, 6) is -0.000150. The minimum atomic E-state index is -0.000150. The fourth-order valence-corrected chi connectivity index (χ4v) is 2.92. The standard InChI is InChI=1S/C21H24N2O2/c1-25-20-11-8-17(9-12-20)18-7-10-19(22-15-18)13-21(24)23-14-16-5-3-2-4-6-16/h3,5-11,15,20H,2,4,12-14H2,1H3,(H,23,24). The topological polar surface area (TPSA) is 51.2 Å². The molecule has 1 unspecified atom stereocenters. The number of nitrogens with one attached hydrogen (secondary N) is 1. The van der Waals surface area contributed by atoms with Gasteiger partial charge in [0.15, 0.2) is 0 Å². The Morgan fingerprint density at radius 3 is 2.84 bits per heavy atom. The molecule has 3 rings (SSSR count). The van der Waals surface area contributed by atoms with Gasteiger partial charge in [-0.1, -0.05) is 42.5 Å². The van der Waals surface area contributed by atoms with Crippen LogP contribution in [0.1, 0.15) is 30.5 Å². The summed E-state index contributed by atoms with van der Waals surface area (Å²) in [7, 11) is 1.72. The van der Waals surface area contributed by atoms with E-state index in [1.807, 2.05) is 18.3 Å². The van der Waals surface area contributed by atoms with Crippen LogP contribution in [0.25, 0.3) is 5.57 Å². The van der Waals surface area contributed by atoms with Crippen LogP contribution in [-0.2, 0) is 16.0 Å². The quantitative estimate of drug-likeness (QED) is 0.866. The molecule has 0 bridgehead atoms. The predicted octanol–water partition coefficient (Wildman–Crippen LogP) is 3.38. The third-order valence-electron chi connectivity index (χ3n) is 4.42. The number of hydrogen-bond donors (Lipinski definition) is 1. The van der Waals surface area contributed by atoms with Gasteiger partial charge in [0, 0.05) is 25.5 Å². The number of aromatic nitrogens is 1. The largest absolute Gasteiger partial charge is 0.377 e. The molecule has 2 aliphatic rings. The van der Waals surface area contributed by atoms with Crippen molar-refractivity contribution in [1.29, 1.82) is 0 Å². The molecular weight excluding hydrogens is 312 g/mol. The molecule has 1 aromatic heterocycles. The Labute approximate surface area is 149 Å². The second-order valence-electron chi connectivity index (χ2n) is 6.28. The minimum absolute atomic E-state index is 0.000150. The molecule has 0 radical (unpaired) electrons. The average Bonchev–Trinajstić information content (AvgIpc) is 2.68. The van der Waals surface area contributed by atoms with E-state index in [0.29, 0.717) is 13.0 Å². The summed E-state index contributed by atoms with van der Waals surface area (Å²) in [6, 6.07) is 3.94. The number of carbonyl (C=O) groups excluding carboxylic acids is 1. The van der Waals surface area contributed by atoms with Crippen molar-refractivity contribution >= 4 is 11.5 Å². The van der Waals surface area contributed by atoms with E-state index < -0.39 is 0 Å². The summed E-state index contributed by atoms with van der Waals surface area (Å²) < 4.78 is 5.31. The van der Waals surface area contributed by atoms with Crippen molar-refractivity contribution in [3.63, 3.8) is 0 Å². The van der Waals surface area contributed by atoms with E-state index in [-0.39, 0.29) is 12.0 Å². The summed E-state index contributed by atoms with van der Waals surface area (Å²) in [6.07, 6.45) is 18.0. The number of hydrogen-bond acceptors (Lipinski definition) is 3. The molecular formula is C21H24N2O2. The molecule has 0 spiro atoms. The third-order valence-corrected chi connectivity index (χ3v) is 4.42. The van der Waals surface area contributed by atoms with E-state index in [1.165, 1.54) is 5.57 Å². The van der Waals surface area contributed by atoms with Crippen LogP contribution in [0.2, 0.25) is 0 Å². The van der Waals surface area contributed by atoms with E-state index in [9.17, 15) is 4.79 Å². The van der Waals surface area contributed by atoms with E-state index in [1.54, 1.807) is 7.11 Å². The van der Waals surface area contributed by atoms with Crippen LogP contribution in [0.5, 0.6) is 0 Å². The molecule has 0 aliphatic heterocycles. The van der Waals surface area contributed by atoms with Gasteiger partial charge in [-0.25, -0.2) is 0 Å². The van der Waals surface area contributed by atoms with Crippen molar-refractivity contribution in [3.8, 4) is 0 Å². The zero-order valence-corrected chi connectivity index (χ0v) is 14.6. The van der Waals surface area contributed by atoms with Gasteiger partial charge in [0.2, 0.25) is 5.91 Å². The van der Waals surface area contributed by atoms with Crippen LogP contribution in [0.3, 0.4) is 0 Å². The number of nitrogens with zero attached hydrogens (tertiary/aromatic N) is 1. The van der Waals surface area contributed by atoms with Gasteiger partial charge in [-0.2, -0.15) is 0 Å². The maximum absolute atomic E-state index is 12.1. The molecule has 1 heterocycles. The maximum atomic E-state index is 12.1. The maximum Gasteiger partial charge on any atom is 0.226 e. The van der Waals surface area contributed by atoms with Gasteiger partial charge in [0.25, 0.3) is 0 Å². The Kier molecular flexibility index (Phi) is 5.96. The summed E-state index contributed by atoms with van der Waals surface area (Å²) in [5.41, 5.74) is 4.16. The van der Waals surface area contributed by atoms with E-state index in [4.69, 9.17) is 4.74 Å². The highest BCUT2D eigenvalue weighted by Gasteiger charge is 2.10. The fraction of sp³-hybridized carbons (Fsp3) is 0.333. The van der Waals surface area contributed by atoms with Crippen LogP contribution < -0.4 is 5.32 Å². The molecule has 0 saturated heterocycles. The second kappa shape index (κ2) is 8.58. The smallest absolute Gasteiger partial charge is 0.226 e. The van der Waals surface area contributed by atoms with Gasteiger partial charge < -0.3 is 10.1 Å². The molecule has 1 amide bonds. The lowest BCUT2D eigenvalue weighted by molar-refractivity contribution is -0.120. The normalized spacial score (nSPS) is 19.3. The van der Waals surface area contributed by atoms with Crippen molar-refractivity contribution in [2.75, 3.05) is 13.7 Å². The van der Waals surface area contributed by atoms with E-state index in [0.717, 1.165) is 36.1 Å². The number of amides is 1. The lowest BCUT2D eigenvalue weighted by Gasteiger charge is -2.14. The molecule has 4 nitrogen and oxygen atoms in total. The molecule has 4 heteroatoms. The number of pyridine rings is 1. The highest BCUT2D eigenvalue weighted by molar-refractivity contribution is 5.79. The Morgan fingerprint density at radius 2 is 2.20 bits per heavy atom. The second-order valence-corrected chi connectivity index (χ2v) is 6.28. The molecule has 0 aromatic carbocycles.